The molecule has 154 valence electrons. The number of ether oxygens (including phenoxy) is 2. The van der Waals surface area contributed by atoms with Crippen molar-refractivity contribution in [2.45, 2.75) is 19.4 Å². The van der Waals surface area contributed by atoms with Gasteiger partial charge in [-0.25, -0.2) is 9.78 Å². The van der Waals surface area contributed by atoms with Gasteiger partial charge in [-0.15, -0.1) is 0 Å². The van der Waals surface area contributed by atoms with Crippen LogP contribution in [0.5, 0.6) is 0 Å². The highest BCUT2D eigenvalue weighted by molar-refractivity contribution is 7.17. The molecule has 2 aliphatic heterocycles. The van der Waals surface area contributed by atoms with Crippen LogP contribution in [0.1, 0.15) is 28.8 Å². The first-order valence-corrected chi connectivity index (χ1v) is 10.6. The van der Waals surface area contributed by atoms with Crippen molar-refractivity contribution in [1.29, 1.82) is 0 Å². The molecule has 0 spiro atoms. The molecule has 1 saturated heterocycles. The van der Waals surface area contributed by atoms with Crippen molar-refractivity contribution in [2.75, 3.05) is 45.3 Å². The Kier molecular flexibility index (Phi) is 6.08. The van der Waals surface area contributed by atoms with Gasteiger partial charge in [0, 0.05) is 57.0 Å². The first-order chi connectivity index (χ1) is 14.2. The van der Waals surface area contributed by atoms with Gasteiger partial charge in [0.05, 0.1) is 17.7 Å². The number of nitrogens with one attached hydrogen (secondary N) is 2. The van der Waals surface area contributed by atoms with Gasteiger partial charge in [0.2, 0.25) is 5.01 Å². The monoisotopic (exact) mass is 415 g/mol. The number of anilines is 1. The van der Waals surface area contributed by atoms with Gasteiger partial charge < -0.3 is 25.0 Å². The van der Waals surface area contributed by atoms with Gasteiger partial charge in [-0.1, -0.05) is 11.3 Å². The minimum Gasteiger partial charge on any atom is -0.461 e. The highest BCUT2D eigenvalue weighted by Crippen LogP contribution is 2.32. The third-order valence-corrected chi connectivity index (χ3v) is 5.93. The highest BCUT2D eigenvalue weighted by Gasteiger charge is 2.28. The lowest BCUT2D eigenvalue weighted by molar-refractivity contribution is 0.0526. The van der Waals surface area contributed by atoms with Crippen LogP contribution in [0.15, 0.2) is 18.3 Å². The Morgan fingerprint density at radius 3 is 3.17 bits per heavy atom. The van der Waals surface area contributed by atoms with E-state index in [2.05, 4.69) is 25.5 Å². The highest BCUT2D eigenvalue weighted by atomic mass is 32.1. The molecule has 0 bridgehead atoms. The second kappa shape index (κ2) is 8.89. The molecule has 0 radical (unpaired) electrons. The van der Waals surface area contributed by atoms with E-state index in [-0.39, 0.29) is 0 Å². The number of hydrogen-bond donors (Lipinski definition) is 2. The van der Waals surface area contributed by atoms with Crippen LogP contribution in [0.2, 0.25) is 0 Å². The molecule has 8 nitrogen and oxygen atoms in total. The fraction of sp³-hybridized carbons (Fsp3) is 0.450. The first kappa shape index (κ1) is 19.8. The van der Waals surface area contributed by atoms with Gasteiger partial charge in [0.15, 0.2) is 0 Å². The van der Waals surface area contributed by atoms with Gasteiger partial charge in [0.25, 0.3) is 0 Å². The SMILES string of the molecule is CCOC(=O)c1nc2c(s1)NC=c1cccnc1=C2N1CCNC(CCOC)C1. The van der Waals surface area contributed by atoms with E-state index in [0.717, 1.165) is 53.0 Å². The minimum absolute atomic E-state index is 0.315. The molecule has 2 N–H and O–H groups in total. The fourth-order valence-corrected chi connectivity index (χ4v) is 4.46. The third kappa shape index (κ3) is 4.12. The number of carbonyl (C=O) groups is 1. The Bertz CT molecular complexity index is 1010. The largest absolute Gasteiger partial charge is 0.461 e. The number of thiazole rings is 1. The summed E-state index contributed by atoms with van der Waals surface area (Å²) < 4.78 is 10.4. The van der Waals surface area contributed by atoms with Crippen LogP contribution in [-0.4, -0.2) is 66.8 Å². The lowest BCUT2D eigenvalue weighted by Crippen LogP contribution is -2.52. The topological polar surface area (TPSA) is 88.6 Å². The predicted octanol–water partition coefficient (Wildman–Crippen LogP) is 0.345. The normalized spacial score (nSPS) is 18.2. The van der Waals surface area contributed by atoms with Crippen molar-refractivity contribution in [1.82, 2.24) is 20.2 Å². The number of rotatable bonds is 6. The number of methoxy groups -OCH3 is 1. The van der Waals surface area contributed by atoms with Crippen molar-refractivity contribution >= 4 is 34.2 Å². The Balaban J connectivity index is 1.79. The zero-order valence-electron chi connectivity index (χ0n) is 16.6. The Hall–Kier alpha value is -2.49. The van der Waals surface area contributed by atoms with Crippen LogP contribution in [0.4, 0.5) is 5.00 Å². The lowest BCUT2D eigenvalue weighted by Gasteiger charge is -2.36. The van der Waals surface area contributed by atoms with E-state index < -0.39 is 5.97 Å². The van der Waals surface area contributed by atoms with Crippen molar-refractivity contribution in [3.05, 3.63) is 39.6 Å². The van der Waals surface area contributed by atoms with Crippen LogP contribution in [0.25, 0.3) is 11.9 Å². The average Bonchev–Trinajstić information content (AvgIpc) is 3.10. The number of esters is 1. The molecule has 4 heterocycles. The van der Waals surface area contributed by atoms with Gasteiger partial charge in [-0.3, -0.25) is 4.98 Å². The molecular weight excluding hydrogens is 390 g/mol. The van der Waals surface area contributed by atoms with Crippen molar-refractivity contribution in [3.63, 3.8) is 0 Å². The molecule has 29 heavy (non-hydrogen) atoms. The molecule has 2 aliphatic rings. The van der Waals surface area contributed by atoms with E-state index >= 15 is 0 Å². The van der Waals surface area contributed by atoms with E-state index in [1.165, 1.54) is 11.3 Å². The van der Waals surface area contributed by atoms with Gasteiger partial charge in [0.1, 0.15) is 10.7 Å². The Morgan fingerprint density at radius 2 is 2.34 bits per heavy atom. The molecule has 0 aromatic carbocycles. The summed E-state index contributed by atoms with van der Waals surface area (Å²) in [4.78, 5) is 23.9. The summed E-state index contributed by atoms with van der Waals surface area (Å²) in [6.07, 6.45) is 4.64. The summed E-state index contributed by atoms with van der Waals surface area (Å²) in [7, 11) is 1.72. The molecule has 0 amide bonds. The van der Waals surface area contributed by atoms with E-state index in [9.17, 15) is 4.79 Å². The summed E-state index contributed by atoms with van der Waals surface area (Å²) in [5.41, 5.74) is 1.70. The molecule has 0 saturated carbocycles. The number of aromatic nitrogens is 2. The maximum atomic E-state index is 12.3. The minimum atomic E-state index is -0.397. The summed E-state index contributed by atoms with van der Waals surface area (Å²) >= 11 is 1.31. The first-order valence-electron chi connectivity index (χ1n) is 9.79. The number of pyridine rings is 1. The van der Waals surface area contributed by atoms with Crippen LogP contribution >= 0.6 is 11.3 Å². The van der Waals surface area contributed by atoms with Crippen LogP contribution in [0.3, 0.4) is 0 Å². The molecule has 0 aliphatic carbocycles. The van der Waals surface area contributed by atoms with E-state index in [0.29, 0.717) is 24.3 Å². The summed E-state index contributed by atoms with van der Waals surface area (Å²) in [5.74, 6) is -0.397. The summed E-state index contributed by atoms with van der Waals surface area (Å²) in [6.45, 7) is 5.34. The molecule has 1 atom stereocenters. The molecule has 9 heteroatoms. The quantitative estimate of drug-likeness (QED) is 0.654. The zero-order valence-corrected chi connectivity index (χ0v) is 17.4. The van der Waals surface area contributed by atoms with Gasteiger partial charge in [-0.2, -0.15) is 0 Å². The maximum Gasteiger partial charge on any atom is 0.367 e. The Labute approximate surface area is 173 Å². The van der Waals surface area contributed by atoms with Crippen molar-refractivity contribution in [2.24, 2.45) is 0 Å². The van der Waals surface area contributed by atoms with E-state index in [4.69, 9.17) is 9.47 Å². The summed E-state index contributed by atoms with van der Waals surface area (Å²) in [5, 5.41) is 9.91. The molecule has 1 unspecified atom stereocenters. The van der Waals surface area contributed by atoms with Crippen molar-refractivity contribution in [3.8, 4) is 0 Å². The summed E-state index contributed by atoms with van der Waals surface area (Å²) in [6, 6.07) is 4.27. The average molecular weight is 416 g/mol. The number of carbonyl (C=O) groups excluding carboxylic acids is 1. The van der Waals surface area contributed by atoms with Crippen LogP contribution < -0.4 is 21.2 Å². The molecular formula is C20H25N5O3S. The third-order valence-electron chi connectivity index (χ3n) is 4.97. The maximum absolute atomic E-state index is 12.3. The van der Waals surface area contributed by atoms with Gasteiger partial charge in [-0.05, 0) is 25.5 Å². The lowest BCUT2D eigenvalue weighted by atomic mass is 10.1. The predicted molar refractivity (Wildman–Crippen MR) is 112 cm³/mol. The molecule has 4 rings (SSSR count). The number of fused-ring (bicyclic) bond motifs is 2. The second-order valence-electron chi connectivity index (χ2n) is 6.87. The Morgan fingerprint density at radius 1 is 1.45 bits per heavy atom. The second-order valence-corrected chi connectivity index (χ2v) is 7.87. The van der Waals surface area contributed by atoms with E-state index in [1.807, 2.05) is 18.3 Å². The van der Waals surface area contributed by atoms with Crippen molar-refractivity contribution < 1.29 is 14.3 Å². The number of piperazine rings is 1. The number of hydrogen-bond acceptors (Lipinski definition) is 9. The van der Waals surface area contributed by atoms with Crippen LogP contribution in [0, 0.1) is 0 Å². The number of nitrogens with zero attached hydrogens (tertiary/aromatic N) is 3. The van der Waals surface area contributed by atoms with Crippen LogP contribution in [-0.2, 0) is 9.47 Å². The molecule has 2 aromatic heterocycles. The fourth-order valence-electron chi connectivity index (χ4n) is 3.63. The standard InChI is InChI=1S/C20H25N5O3S/c1-3-28-20(26)19-24-16-17(25-9-8-21-14(12-25)6-10-27-2)15-13(5-4-7-22-15)11-23-18(16)29-19/h4-5,7,11,14,21,23H,3,6,8-10,12H2,1-2H3. The van der Waals surface area contributed by atoms with E-state index in [1.54, 1.807) is 20.2 Å². The zero-order chi connectivity index (χ0) is 20.2. The molecule has 1 fully saturated rings. The van der Waals surface area contributed by atoms with Gasteiger partial charge >= 0.3 is 5.97 Å². The molecule has 2 aromatic rings. The smallest absolute Gasteiger partial charge is 0.367 e.